The fraction of sp³-hybridized carbons (Fsp3) is 0.235. The van der Waals surface area contributed by atoms with Gasteiger partial charge in [0.05, 0.1) is 10.6 Å². The summed E-state index contributed by atoms with van der Waals surface area (Å²) >= 11 is 6.42. The summed E-state index contributed by atoms with van der Waals surface area (Å²) in [4.78, 5) is 29.4. The van der Waals surface area contributed by atoms with Gasteiger partial charge in [-0.05, 0) is 61.7 Å². The molecule has 4 aromatic carbocycles. The molecule has 1 unspecified atom stereocenters. The number of nitrogens with zero attached hydrogens (tertiary/aromatic N) is 2. The van der Waals surface area contributed by atoms with E-state index in [1.165, 1.54) is 17.0 Å². The van der Waals surface area contributed by atoms with E-state index >= 15 is 0 Å². The van der Waals surface area contributed by atoms with Crippen LogP contribution in [0.3, 0.4) is 0 Å². The van der Waals surface area contributed by atoms with Crippen LogP contribution in [-0.4, -0.2) is 44.3 Å². The zero-order chi connectivity index (χ0) is 31.0. The van der Waals surface area contributed by atoms with E-state index in [9.17, 15) is 18.0 Å². The highest BCUT2D eigenvalue weighted by Crippen LogP contribution is 2.29. The van der Waals surface area contributed by atoms with Crippen LogP contribution in [0.15, 0.2) is 108 Å². The quantitative estimate of drug-likeness (QED) is 0.214. The van der Waals surface area contributed by atoms with Crippen molar-refractivity contribution in [3.63, 3.8) is 0 Å². The summed E-state index contributed by atoms with van der Waals surface area (Å²) in [6.45, 7) is 5.57. The number of aryl methyl sites for hydroxylation is 2. The molecular weight excluding hydrogens is 582 g/mol. The summed E-state index contributed by atoms with van der Waals surface area (Å²) in [7, 11) is -4.18. The molecule has 7 nitrogen and oxygen atoms in total. The minimum absolute atomic E-state index is 0.0362. The van der Waals surface area contributed by atoms with E-state index in [2.05, 4.69) is 5.32 Å². The molecule has 0 aromatic heterocycles. The second kappa shape index (κ2) is 14.4. The van der Waals surface area contributed by atoms with Gasteiger partial charge in [-0.2, -0.15) is 0 Å². The smallest absolute Gasteiger partial charge is 0.264 e. The molecule has 1 N–H and O–H groups in total. The van der Waals surface area contributed by atoms with Crippen LogP contribution < -0.4 is 9.62 Å². The molecule has 224 valence electrons. The van der Waals surface area contributed by atoms with Crippen LogP contribution in [0, 0.1) is 13.8 Å². The average Bonchev–Trinajstić information content (AvgIpc) is 3.01. The third-order valence-corrected chi connectivity index (χ3v) is 9.34. The number of halogens is 1. The molecule has 1 atom stereocenters. The number of benzene rings is 4. The molecule has 0 saturated carbocycles. The molecule has 9 heteroatoms. The van der Waals surface area contributed by atoms with Crippen molar-refractivity contribution in [2.75, 3.05) is 17.4 Å². The van der Waals surface area contributed by atoms with Gasteiger partial charge in [0.1, 0.15) is 12.6 Å². The number of amides is 2. The van der Waals surface area contributed by atoms with Crippen LogP contribution in [-0.2, 0) is 32.6 Å². The zero-order valence-corrected chi connectivity index (χ0v) is 26.1. The Labute approximate surface area is 259 Å². The van der Waals surface area contributed by atoms with Crippen molar-refractivity contribution in [1.29, 1.82) is 0 Å². The number of likely N-dealkylation sites (N-methyl/N-ethyl adjacent to an activating group) is 1. The number of carbonyl (C=O) groups is 2. The molecule has 0 aliphatic rings. The molecule has 2 amide bonds. The highest BCUT2D eigenvalue weighted by Gasteiger charge is 2.34. The van der Waals surface area contributed by atoms with Crippen molar-refractivity contribution in [2.24, 2.45) is 0 Å². The van der Waals surface area contributed by atoms with E-state index in [1.807, 2.05) is 75.4 Å². The molecular formula is C34H36ClN3O4S. The van der Waals surface area contributed by atoms with Crippen LogP contribution in [0.4, 0.5) is 5.69 Å². The van der Waals surface area contributed by atoms with Gasteiger partial charge in [-0.25, -0.2) is 8.42 Å². The normalized spacial score (nSPS) is 11.9. The van der Waals surface area contributed by atoms with E-state index in [-0.39, 0.29) is 29.5 Å². The highest BCUT2D eigenvalue weighted by molar-refractivity contribution is 7.92. The van der Waals surface area contributed by atoms with Gasteiger partial charge >= 0.3 is 0 Å². The molecule has 0 aliphatic heterocycles. The first kappa shape index (κ1) is 31.8. The predicted octanol–water partition coefficient (Wildman–Crippen LogP) is 5.93. The number of anilines is 1. The van der Waals surface area contributed by atoms with Crippen LogP contribution in [0.25, 0.3) is 0 Å². The number of rotatable bonds is 12. The van der Waals surface area contributed by atoms with Crippen LogP contribution in [0.5, 0.6) is 0 Å². The van der Waals surface area contributed by atoms with E-state index < -0.39 is 28.5 Å². The molecule has 0 spiro atoms. The summed E-state index contributed by atoms with van der Waals surface area (Å²) in [5, 5.41) is 3.24. The maximum absolute atomic E-state index is 14.4. The molecule has 0 bridgehead atoms. The summed E-state index contributed by atoms with van der Waals surface area (Å²) in [5.74, 6) is -0.841. The molecule has 0 heterocycles. The lowest BCUT2D eigenvalue weighted by Gasteiger charge is -2.34. The largest absolute Gasteiger partial charge is 0.355 e. The van der Waals surface area contributed by atoms with Gasteiger partial charge in [-0.1, -0.05) is 96.0 Å². The Kier molecular flexibility index (Phi) is 10.6. The first-order valence-electron chi connectivity index (χ1n) is 14.1. The Balaban J connectivity index is 1.80. The van der Waals surface area contributed by atoms with Crippen LogP contribution in [0.1, 0.15) is 29.2 Å². The maximum Gasteiger partial charge on any atom is 0.264 e. The van der Waals surface area contributed by atoms with Crippen LogP contribution >= 0.6 is 11.6 Å². The third kappa shape index (κ3) is 8.03. The number of hydrogen-bond donors (Lipinski definition) is 1. The van der Waals surface area contributed by atoms with Crippen molar-refractivity contribution in [1.82, 2.24) is 10.2 Å². The monoisotopic (exact) mass is 617 g/mol. The van der Waals surface area contributed by atoms with E-state index in [0.717, 1.165) is 26.6 Å². The topological polar surface area (TPSA) is 86.8 Å². The maximum atomic E-state index is 14.4. The Morgan fingerprint density at radius 1 is 0.837 bits per heavy atom. The van der Waals surface area contributed by atoms with Crippen molar-refractivity contribution in [3.8, 4) is 0 Å². The lowest BCUT2D eigenvalue weighted by atomic mass is 10.0. The Morgan fingerprint density at radius 2 is 1.47 bits per heavy atom. The molecule has 0 aliphatic carbocycles. The summed E-state index contributed by atoms with van der Waals surface area (Å²) < 4.78 is 29.1. The Morgan fingerprint density at radius 3 is 2.07 bits per heavy atom. The first-order valence-corrected chi connectivity index (χ1v) is 15.9. The van der Waals surface area contributed by atoms with E-state index in [4.69, 9.17) is 11.6 Å². The zero-order valence-electron chi connectivity index (χ0n) is 24.5. The van der Waals surface area contributed by atoms with Gasteiger partial charge in [-0.15, -0.1) is 0 Å². The fourth-order valence-electron chi connectivity index (χ4n) is 4.72. The van der Waals surface area contributed by atoms with E-state index in [1.54, 1.807) is 36.4 Å². The number of nitrogens with one attached hydrogen (secondary N) is 1. The van der Waals surface area contributed by atoms with Gasteiger partial charge in [0.15, 0.2) is 0 Å². The van der Waals surface area contributed by atoms with E-state index in [0.29, 0.717) is 11.6 Å². The molecule has 0 saturated heterocycles. The summed E-state index contributed by atoms with van der Waals surface area (Å²) in [6.07, 6.45) is 0.256. The Hall–Kier alpha value is -4.14. The van der Waals surface area contributed by atoms with Crippen molar-refractivity contribution >= 4 is 39.1 Å². The molecule has 0 radical (unpaired) electrons. The van der Waals surface area contributed by atoms with Crippen molar-refractivity contribution < 1.29 is 18.0 Å². The molecule has 4 rings (SSSR count). The lowest BCUT2D eigenvalue weighted by Crippen LogP contribution is -2.53. The standard InChI is InChI=1S/C34H36ClN3O4S/c1-4-36-34(40)32(21-27-11-7-5-8-12-27)37(23-28-18-15-25(2)16-19-28)33(39)24-38(29-20-17-26(3)31(35)22-29)43(41,42)30-13-9-6-10-14-30/h5-20,22,32H,4,21,23-24H2,1-3H3,(H,36,40). The van der Waals surface area contributed by atoms with Gasteiger partial charge < -0.3 is 10.2 Å². The average molecular weight is 618 g/mol. The van der Waals surface area contributed by atoms with Crippen molar-refractivity contribution in [2.45, 2.75) is 44.7 Å². The van der Waals surface area contributed by atoms with Crippen molar-refractivity contribution in [3.05, 3.63) is 130 Å². The molecule has 0 fully saturated rings. The van der Waals surface area contributed by atoms with Gasteiger partial charge in [-0.3, -0.25) is 13.9 Å². The minimum Gasteiger partial charge on any atom is -0.355 e. The summed E-state index contributed by atoms with van der Waals surface area (Å²) in [5.41, 5.74) is 3.77. The number of carbonyl (C=O) groups excluding carboxylic acids is 2. The fourth-order valence-corrected chi connectivity index (χ4v) is 6.32. The van der Waals surface area contributed by atoms with Gasteiger partial charge in [0.25, 0.3) is 10.0 Å². The SMILES string of the molecule is CCNC(=O)C(Cc1ccccc1)N(Cc1ccc(C)cc1)C(=O)CN(c1ccc(C)c(Cl)c1)S(=O)(=O)c1ccccc1. The lowest BCUT2D eigenvalue weighted by molar-refractivity contribution is -0.140. The van der Waals surface area contributed by atoms with Crippen LogP contribution in [0.2, 0.25) is 5.02 Å². The second-order valence-corrected chi connectivity index (χ2v) is 12.6. The van der Waals surface area contributed by atoms with Gasteiger partial charge in [0.2, 0.25) is 11.8 Å². The van der Waals surface area contributed by atoms with Gasteiger partial charge in [0, 0.05) is 24.5 Å². The minimum atomic E-state index is -4.18. The first-order chi connectivity index (χ1) is 20.6. The summed E-state index contributed by atoms with van der Waals surface area (Å²) in [6, 6.07) is 29.1. The molecule has 4 aromatic rings. The highest BCUT2D eigenvalue weighted by atomic mass is 35.5. The predicted molar refractivity (Wildman–Crippen MR) is 172 cm³/mol. The Bertz CT molecular complexity index is 1650. The number of hydrogen-bond acceptors (Lipinski definition) is 4. The third-order valence-electron chi connectivity index (χ3n) is 7.15. The second-order valence-electron chi connectivity index (χ2n) is 10.4. The molecule has 43 heavy (non-hydrogen) atoms. The number of sulfonamides is 1.